The van der Waals surface area contributed by atoms with Crippen LogP contribution in [0.4, 0.5) is 26.3 Å². The van der Waals surface area contributed by atoms with Gasteiger partial charge in [-0.15, -0.1) is 0 Å². The zero-order valence-electron chi connectivity index (χ0n) is 13.6. The van der Waals surface area contributed by atoms with Crippen LogP contribution in [-0.2, 0) is 16.1 Å². The van der Waals surface area contributed by atoms with Crippen molar-refractivity contribution in [2.45, 2.75) is 44.3 Å². The van der Waals surface area contributed by atoms with Gasteiger partial charge in [-0.3, -0.25) is 9.59 Å². The first-order chi connectivity index (χ1) is 11.7. The van der Waals surface area contributed by atoms with Crippen molar-refractivity contribution >= 4 is 11.6 Å². The minimum absolute atomic E-state index is 0.592. The normalized spacial score (nSPS) is 20.9. The molecule has 1 aromatic rings. The fourth-order valence-electron chi connectivity index (χ4n) is 2.24. The Labute approximate surface area is 144 Å². The van der Waals surface area contributed by atoms with Gasteiger partial charge in [-0.25, -0.2) is 4.98 Å². The molecule has 0 aliphatic carbocycles. The van der Waals surface area contributed by atoms with Crippen LogP contribution in [0.25, 0.3) is 0 Å². The molecule has 0 amide bonds. The van der Waals surface area contributed by atoms with Gasteiger partial charge in [-0.2, -0.15) is 26.3 Å². The van der Waals surface area contributed by atoms with Crippen molar-refractivity contribution in [1.29, 1.82) is 0 Å². The molecule has 1 fully saturated rings. The van der Waals surface area contributed by atoms with Gasteiger partial charge in [0.2, 0.25) is 0 Å². The molecule has 1 aromatic heterocycles. The second-order valence-corrected chi connectivity index (χ2v) is 5.85. The van der Waals surface area contributed by atoms with E-state index in [1.165, 1.54) is 0 Å². The largest absolute Gasteiger partial charge is 0.458 e. The Balaban J connectivity index is 0.000000265. The first-order valence-electron chi connectivity index (χ1n) is 7.39. The molecule has 6 nitrogen and oxygen atoms in total. The standard InChI is InChI=1S/C10H17N3O.C4F6O2/c1-9-5-13(8-12-9)7-10(14)3-2-4-11-6-10;5-3(6,7)1(11)2(12)4(8,9)10/h5,8,11,14H,2-4,6-7H2,1H3;. The van der Waals surface area contributed by atoms with E-state index < -0.39 is 29.5 Å². The van der Waals surface area contributed by atoms with Crippen LogP contribution in [0.5, 0.6) is 0 Å². The van der Waals surface area contributed by atoms with Crippen LogP contribution in [0, 0.1) is 6.92 Å². The number of imidazole rings is 1. The number of aliphatic hydroxyl groups is 1. The van der Waals surface area contributed by atoms with Gasteiger partial charge in [0, 0.05) is 12.7 Å². The van der Waals surface area contributed by atoms with Crippen molar-refractivity contribution < 1.29 is 41.0 Å². The second-order valence-electron chi connectivity index (χ2n) is 5.85. The minimum atomic E-state index is -5.77. The molecule has 12 heteroatoms. The van der Waals surface area contributed by atoms with Gasteiger partial charge < -0.3 is 15.0 Å². The van der Waals surface area contributed by atoms with Crippen molar-refractivity contribution in [1.82, 2.24) is 14.9 Å². The molecule has 1 unspecified atom stereocenters. The quantitative estimate of drug-likeness (QED) is 0.606. The van der Waals surface area contributed by atoms with Gasteiger partial charge in [-0.05, 0) is 26.3 Å². The molecular weight excluding hydrogens is 372 g/mol. The van der Waals surface area contributed by atoms with E-state index in [9.17, 15) is 41.0 Å². The Kier molecular flexibility index (Phi) is 6.94. The molecule has 148 valence electrons. The van der Waals surface area contributed by atoms with Crippen LogP contribution in [0.1, 0.15) is 18.5 Å². The number of ketones is 2. The lowest BCUT2D eigenvalue weighted by Gasteiger charge is -2.32. The van der Waals surface area contributed by atoms with E-state index in [2.05, 4.69) is 10.3 Å². The third kappa shape index (κ3) is 6.75. The summed E-state index contributed by atoms with van der Waals surface area (Å²) in [6.07, 6.45) is -5.88. The Morgan fingerprint density at radius 1 is 1.23 bits per heavy atom. The van der Waals surface area contributed by atoms with E-state index in [-0.39, 0.29) is 0 Å². The molecule has 2 N–H and O–H groups in total. The summed E-state index contributed by atoms with van der Waals surface area (Å²) in [6, 6.07) is 0. The van der Waals surface area contributed by atoms with Crippen LogP contribution in [-0.4, -0.2) is 57.3 Å². The van der Waals surface area contributed by atoms with Crippen LogP contribution < -0.4 is 5.32 Å². The predicted molar refractivity (Wildman–Crippen MR) is 76.1 cm³/mol. The fourth-order valence-corrected chi connectivity index (χ4v) is 2.24. The monoisotopic (exact) mass is 389 g/mol. The van der Waals surface area contributed by atoms with Crippen LogP contribution >= 0.6 is 0 Å². The van der Waals surface area contributed by atoms with Crippen LogP contribution in [0.2, 0.25) is 0 Å². The molecule has 0 radical (unpaired) electrons. The van der Waals surface area contributed by atoms with Crippen molar-refractivity contribution in [3.63, 3.8) is 0 Å². The van der Waals surface area contributed by atoms with Gasteiger partial charge >= 0.3 is 23.9 Å². The number of aromatic nitrogens is 2. The van der Waals surface area contributed by atoms with E-state index in [0.717, 1.165) is 25.1 Å². The minimum Gasteiger partial charge on any atom is -0.387 e. The summed E-state index contributed by atoms with van der Waals surface area (Å²) < 4.78 is 68.9. The van der Waals surface area contributed by atoms with E-state index in [1.807, 2.05) is 17.7 Å². The molecule has 0 aromatic carbocycles. The highest BCUT2D eigenvalue weighted by atomic mass is 19.4. The summed E-state index contributed by atoms with van der Waals surface area (Å²) in [5, 5.41) is 13.4. The Bertz CT molecular complexity index is 609. The van der Waals surface area contributed by atoms with Gasteiger partial charge in [0.05, 0.1) is 24.2 Å². The summed E-state index contributed by atoms with van der Waals surface area (Å²) in [5.41, 5.74) is 0.406. The number of carbonyl (C=O) groups excluding carboxylic acids is 2. The fraction of sp³-hybridized carbons (Fsp3) is 0.643. The van der Waals surface area contributed by atoms with E-state index in [1.54, 1.807) is 6.33 Å². The third-order valence-corrected chi connectivity index (χ3v) is 3.41. The molecule has 1 atom stereocenters. The number of piperidine rings is 1. The Morgan fingerprint density at radius 3 is 2.12 bits per heavy atom. The van der Waals surface area contributed by atoms with E-state index in [4.69, 9.17) is 0 Å². The molecule has 0 spiro atoms. The summed E-state index contributed by atoms with van der Waals surface area (Å²) in [7, 11) is 0. The number of carbonyl (C=O) groups is 2. The molecule has 1 aliphatic heterocycles. The smallest absolute Gasteiger partial charge is 0.387 e. The first kappa shape index (κ1) is 22.1. The lowest BCUT2D eigenvalue weighted by molar-refractivity contribution is -0.193. The maximum absolute atomic E-state index is 11.2. The van der Waals surface area contributed by atoms with Crippen molar-refractivity contribution in [2.24, 2.45) is 0 Å². The second kappa shape index (κ2) is 8.16. The SMILES string of the molecule is Cc1cn(CC2(O)CCCNC2)cn1.O=C(C(=O)C(F)(F)F)C(F)(F)F. The molecule has 0 saturated carbocycles. The Morgan fingerprint density at radius 2 is 1.77 bits per heavy atom. The predicted octanol–water partition coefficient (Wildman–Crippen LogP) is 1.56. The average molecular weight is 389 g/mol. The van der Waals surface area contributed by atoms with Crippen molar-refractivity contribution in [3.8, 4) is 0 Å². The average Bonchev–Trinajstić information content (AvgIpc) is 2.89. The first-order valence-corrected chi connectivity index (χ1v) is 7.39. The number of nitrogens with one attached hydrogen (secondary N) is 1. The number of hydrogen-bond acceptors (Lipinski definition) is 5. The van der Waals surface area contributed by atoms with Crippen molar-refractivity contribution in [2.75, 3.05) is 13.1 Å². The molecule has 1 saturated heterocycles. The summed E-state index contributed by atoms with van der Waals surface area (Å²) in [4.78, 5) is 23.4. The summed E-state index contributed by atoms with van der Waals surface area (Å²) in [5.74, 6) is -6.81. The number of halogens is 6. The highest BCUT2D eigenvalue weighted by Gasteiger charge is 2.54. The molecular formula is C14H17F6N3O3. The number of aryl methyl sites for hydroxylation is 1. The molecule has 1 aliphatic rings. The summed E-state index contributed by atoms with van der Waals surface area (Å²) in [6.45, 7) is 4.30. The number of hydrogen-bond donors (Lipinski definition) is 2. The summed E-state index contributed by atoms with van der Waals surface area (Å²) >= 11 is 0. The molecule has 2 heterocycles. The highest BCUT2D eigenvalue weighted by molar-refractivity contribution is 6.41. The zero-order chi connectivity index (χ0) is 20.2. The highest BCUT2D eigenvalue weighted by Crippen LogP contribution is 2.24. The lowest BCUT2D eigenvalue weighted by atomic mass is 9.94. The van der Waals surface area contributed by atoms with Crippen LogP contribution in [0.3, 0.4) is 0 Å². The maximum atomic E-state index is 11.2. The maximum Gasteiger partial charge on any atom is 0.458 e. The lowest BCUT2D eigenvalue weighted by Crippen LogP contribution is -2.48. The molecule has 26 heavy (non-hydrogen) atoms. The van der Waals surface area contributed by atoms with Gasteiger partial charge in [0.25, 0.3) is 0 Å². The number of alkyl halides is 6. The molecule has 0 bridgehead atoms. The van der Waals surface area contributed by atoms with Gasteiger partial charge in [0.15, 0.2) is 0 Å². The Hall–Kier alpha value is -1.95. The van der Waals surface area contributed by atoms with E-state index >= 15 is 0 Å². The molecule has 2 rings (SSSR count). The number of β-amino-alcohol motifs (C(OH)–C–C–N with tert-alkyl or cyclic N) is 1. The van der Waals surface area contributed by atoms with Crippen molar-refractivity contribution in [3.05, 3.63) is 18.2 Å². The van der Waals surface area contributed by atoms with E-state index in [0.29, 0.717) is 13.1 Å². The number of Topliss-reactive ketones (excluding diaryl/α,β-unsaturated/α-hetero) is 2. The zero-order valence-corrected chi connectivity index (χ0v) is 13.6. The van der Waals surface area contributed by atoms with Crippen LogP contribution in [0.15, 0.2) is 12.5 Å². The van der Waals surface area contributed by atoms with Gasteiger partial charge in [0.1, 0.15) is 0 Å². The van der Waals surface area contributed by atoms with Gasteiger partial charge in [-0.1, -0.05) is 0 Å². The number of nitrogens with zero attached hydrogens (tertiary/aromatic N) is 2. The topological polar surface area (TPSA) is 84.2 Å². The third-order valence-electron chi connectivity index (χ3n) is 3.41. The number of rotatable bonds is 3.